The Bertz CT molecular complexity index is 1180. The molecule has 4 saturated carbocycles. The number of carbonyl (C=O) groups is 3. The number of aliphatic carboxylic acids is 1. The Balaban J connectivity index is 1.33. The number of benzene rings is 1. The van der Waals surface area contributed by atoms with Gasteiger partial charge in [0.05, 0.1) is 35.7 Å². The fraction of sp³-hybridized carbons (Fsp3) is 0.710. The third kappa shape index (κ3) is 5.89. The Morgan fingerprint density at radius 3 is 2.29 bits per heavy atom. The summed E-state index contributed by atoms with van der Waals surface area (Å²) in [6, 6.07) is 2.11. The zero-order chi connectivity index (χ0) is 29.5. The maximum atomic E-state index is 14.1. The fourth-order valence-corrected chi connectivity index (χ4v) is 7.42. The zero-order valence-corrected chi connectivity index (χ0v) is 24.1. The first-order valence-corrected chi connectivity index (χ1v) is 14.9. The second kappa shape index (κ2) is 11.4. The average Bonchev–Trinajstić information content (AvgIpc) is 3.53. The molecule has 0 radical (unpaired) electrons. The van der Waals surface area contributed by atoms with Crippen LogP contribution in [0.25, 0.3) is 0 Å². The van der Waals surface area contributed by atoms with Crippen LogP contribution in [0.5, 0.6) is 11.5 Å². The fourth-order valence-electron chi connectivity index (χ4n) is 7.42. The van der Waals surface area contributed by atoms with Gasteiger partial charge in [-0.05, 0) is 94.1 Å². The highest BCUT2D eigenvalue weighted by Gasteiger charge is 2.52. The number of rotatable bonds is 10. The molecule has 2 amide bonds. The van der Waals surface area contributed by atoms with E-state index in [1.807, 2.05) is 0 Å². The van der Waals surface area contributed by atoms with Gasteiger partial charge >= 0.3 is 5.97 Å². The van der Waals surface area contributed by atoms with E-state index in [1.54, 1.807) is 6.92 Å². The number of ether oxygens (including phenoxy) is 2. The van der Waals surface area contributed by atoms with Gasteiger partial charge in [0.1, 0.15) is 11.5 Å². The van der Waals surface area contributed by atoms with Crippen molar-refractivity contribution in [3.05, 3.63) is 23.3 Å². The van der Waals surface area contributed by atoms with Crippen molar-refractivity contribution in [3.8, 4) is 11.5 Å². The van der Waals surface area contributed by atoms with Gasteiger partial charge in [0.2, 0.25) is 5.91 Å². The number of carboxylic acids is 1. The van der Waals surface area contributed by atoms with Gasteiger partial charge in [-0.2, -0.15) is 0 Å². The number of methoxy groups -OCH3 is 1. The largest absolute Gasteiger partial charge is 0.496 e. The highest BCUT2D eigenvalue weighted by molar-refractivity contribution is 5.98. The number of amides is 2. The van der Waals surface area contributed by atoms with Crippen molar-refractivity contribution in [2.75, 3.05) is 13.7 Å². The van der Waals surface area contributed by atoms with Crippen molar-refractivity contribution in [1.82, 2.24) is 10.6 Å². The van der Waals surface area contributed by atoms with Gasteiger partial charge < -0.3 is 25.2 Å². The molecule has 1 aromatic rings. The van der Waals surface area contributed by atoms with Crippen molar-refractivity contribution in [2.24, 2.45) is 28.6 Å². The van der Waals surface area contributed by atoms with Crippen molar-refractivity contribution in [3.63, 3.8) is 0 Å². The number of hydrogen-bond acceptors (Lipinski definition) is 5. The lowest BCUT2D eigenvalue weighted by Gasteiger charge is -2.39. The van der Waals surface area contributed by atoms with Crippen LogP contribution >= 0.6 is 0 Å². The standard InChI is InChI=1S/C31H42F2N2O6/c1-30(9-4-10-30)16-34-28(37)24-17-5-6-18(13-17)25(24)35-27(36)21-15-23(20(26(32)33)14-22(21)40-3)41-19-7-11-31(2,12-8-19)29(38)39/h14-15,17-19,24-26H,4-13,16H2,1-3H3,(H,34,37)(H,35,36)(H,38,39). The molecule has 0 heterocycles. The minimum absolute atomic E-state index is 0.00862. The number of nitrogens with one attached hydrogen (secondary N) is 2. The molecule has 3 N–H and O–H groups in total. The third-order valence-electron chi connectivity index (χ3n) is 10.4. The summed E-state index contributed by atoms with van der Waals surface area (Å²) < 4.78 is 39.5. The molecule has 2 bridgehead atoms. The summed E-state index contributed by atoms with van der Waals surface area (Å²) in [5.41, 5.74) is -1.03. The maximum Gasteiger partial charge on any atom is 0.309 e. The lowest BCUT2D eigenvalue weighted by Crippen LogP contribution is -2.51. The summed E-state index contributed by atoms with van der Waals surface area (Å²) in [5, 5.41) is 15.7. The van der Waals surface area contributed by atoms with E-state index in [1.165, 1.54) is 19.6 Å². The number of carboxylic acid groups (broad SMARTS) is 1. The van der Waals surface area contributed by atoms with E-state index in [0.717, 1.165) is 38.2 Å². The summed E-state index contributed by atoms with van der Waals surface area (Å²) in [7, 11) is 1.32. The lowest BCUT2D eigenvalue weighted by atomic mass is 9.70. The Morgan fingerprint density at radius 2 is 1.71 bits per heavy atom. The van der Waals surface area contributed by atoms with E-state index in [9.17, 15) is 28.3 Å². The van der Waals surface area contributed by atoms with Crippen molar-refractivity contribution in [1.29, 1.82) is 0 Å². The van der Waals surface area contributed by atoms with E-state index >= 15 is 0 Å². The molecule has 0 aromatic heterocycles. The smallest absolute Gasteiger partial charge is 0.309 e. The van der Waals surface area contributed by atoms with E-state index in [4.69, 9.17) is 9.47 Å². The minimum Gasteiger partial charge on any atom is -0.496 e. The van der Waals surface area contributed by atoms with Gasteiger partial charge in [0, 0.05) is 12.6 Å². The number of fused-ring (bicyclic) bond motifs is 2. The van der Waals surface area contributed by atoms with Gasteiger partial charge in [-0.15, -0.1) is 0 Å². The highest BCUT2D eigenvalue weighted by atomic mass is 19.3. The molecule has 0 spiro atoms. The molecule has 8 nitrogen and oxygen atoms in total. The van der Waals surface area contributed by atoms with Crippen LogP contribution in [0, 0.1) is 28.6 Å². The molecule has 4 atom stereocenters. The molecule has 1 aromatic carbocycles. The summed E-state index contributed by atoms with van der Waals surface area (Å²) in [4.78, 5) is 38.6. The van der Waals surface area contributed by atoms with Crippen LogP contribution < -0.4 is 20.1 Å². The van der Waals surface area contributed by atoms with Crippen LogP contribution in [-0.2, 0) is 9.59 Å². The van der Waals surface area contributed by atoms with Crippen LogP contribution in [0.1, 0.15) is 100 Å². The van der Waals surface area contributed by atoms with Gasteiger partial charge in [-0.1, -0.05) is 13.3 Å². The monoisotopic (exact) mass is 576 g/mol. The molecule has 4 aliphatic rings. The van der Waals surface area contributed by atoms with E-state index in [2.05, 4.69) is 17.6 Å². The van der Waals surface area contributed by atoms with Crippen LogP contribution in [0.2, 0.25) is 0 Å². The van der Waals surface area contributed by atoms with Crippen molar-refractivity contribution >= 4 is 17.8 Å². The molecule has 5 rings (SSSR count). The molecule has 0 aliphatic heterocycles. The number of carbonyl (C=O) groups excluding carboxylic acids is 2. The summed E-state index contributed by atoms with van der Waals surface area (Å²) in [5.74, 6) is -1.41. The van der Waals surface area contributed by atoms with Crippen LogP contribution in [-0.4, -0.2) is 48.7 Å². The molecule has 4 aliphatic carbocycles. The van der Waals surface area contributed by atoms with Crippen LogP contribution in [0.3, 0.4) is 0 Å². The Morgan fingerprint density at radius 1 is 1.02 bits per heavy atom. The van der Waals surface area contributed by atoms with Gasteiger partial charge in [-0.25, -0.2) is 8.78 Å². The Kier molecular flexibility index (Phi) is 8.23. The normalized spacial score (nSPS) is 31.8. The van der Waals surface area contributed by atoms with Gasteiger partial charge in [-0.3, -0.25) is 14.4 Å². The molecule has 10 heteroatoms. The Labute approximate surface area is 239 Å². The molecule has 226 valence electrons. The SMILES string of the molecule is COc1cc(C(F)F)c(OC2CCC(C)(C(=O)O)CC2)cc1C(=O)NC1C2CCC(C2)C1C(=O)NCC1(C)CCC1. The molecule has 4 unspecified atom stereocenters. The van der Waals surface area contributed by atoms with E-state index in [-0.39, 0.29) is 57.7 Å². The average molecular weight is 577 g/mol. The van der Waals surface area contributed by atoms with Gasteiger partial charge in [0.25, 0.3) is 12.3 Å². The number of alkyl halides is 2. The molecular formula is C31H42F2N2O6. The second-order valence-corrected chi connectivity index (χ2v) is 13.3. The topological polar surface area (TPSA) is 114 Å². The highest BCUT2D eigenvalue weighted by Crippen LogP contribution is 2.49. The first-order chi connectivity index (χ1) is 19.4. The first kappa shape index (κ1) is 29.6. The maximum absolute atomic E-state index is 14.1. The molecule has 41 heavy (non-hydrogen) atoms. The second-order valence-electron chi connectivity index (χ2n) is 13.3. The van der Waals surface area contributed by atoms with E-state index in [0.29, 0.717) is 32.2 Å². The Hall–Kier alpha value is -2.91. The van der Waals surface area contributed by atoms with Gasteiger partial charge in [0.15, 0.2) is 0 Å². The van der Waals surface area contributed by atoms with Crippen LogP contribution in [0.4, 0.5) is 8.78 Å². The summed E-state index contributed by atoms with van der Waals surface area (Å²) in [6.45, 7) is 4.50. The van der Waals surface area contributed by atoms with Crippen molar-refractivity contribution < 1.29 is 37.7 Å². The molecule has 4 fully saturated rings. The quantitative estimate of drug-likeness (QED) is 0.339. The summed E-state index contributed by atoms with van der Waals surface area (Å²) in [6.07, 6.45) is 4.39. The number of hydrogen-bond donors (Lipinski definition) is 3. The minimum atomic E-state index is -2.86. The summed E-state index contributed by atoms with van der Waals surface area (Å²) >= 11 is 0. The number of halogens is 2. The predicted octanol–water partition coefficient (Wildman–Crippen LogP) is 5.50. The molecule has 0 saturated heterocycles. The van der Waals surface area contributed by atoms with Crippen molar-refractivity contribution in [2.45, 2.75) is 96.6 Å². The predicted molar refractivity (Wildman–Crippen MR) is 147 cm³/mol. The third-order valence-corrected chi connectivity index (χ3v) is 10.4. The lowest BCUT2D eigenvalue weighted by molar-refractivity contribution is -0.150. The molecular weight excluding hydrogens is 534 g/mol. The van der Waals surface area contributed by atoms with E-state index < -0.39 is 29.8 Å². The van der Waals surface area contributed by atoms with Crippen LogP contribution in [0.15, 0.2) is 12.1 Å². The zero-order valence-electron chi connectivity index (χ0n) is 24.1. The first-order valence-electron chi connectivity index (χ1n) is 14.9.